The highest BCUT2D eigenvalue weighted by atomic mass is 16.4. The molecule has 0 aromatic rings. The van der Waals surface area contributed by atoms with Gasteiger partial charge in [0.25, 0.3) is 0 Å². The minimum Gasteiger partial charge on any atom is -0.479 e. The minimum absolute atomic E-state index is 0.128. The van der Waals surface area contributed by atoms with Crippen LogP contribution in [0, 0.1) is 0 Å². The zero-order chi connectivity index (χ0) is 15.9. The van der Waals surface area contributed by atoms with E-state index < -0.39 is 17.5 Å². The summed E-state index contributed by atoms with van der Waals surface area (Å²) in [4.78, 5) is 36.6. The zero-order valence-corrected chi connectivity index (χ0v) is 12.8. The number of hydrogen-bond acceptors (Lipinski definition) is 3. The summed E-state index contributed by atoms with van der Waals surface area (Å²) in [6, 6.07) is -0.477. The van der Waals surface area contributed by atoms with Gasteiger partial charge in [-0.3, -0.25) is 4.79 Å². The largest absolute Gasteiger partial charge is 0.479 e. The fourth-order valence-electron chi connectivity index (χ4n) is 2.76. The Hall–Kier alpha value is -1.79. The summed E-state index contributed by atoms with van der Waals surface area (Å²) in [5.41, 5.74) is -1.13. The summed E-state index contributed by atoms with van der Waals surface area (Å²) < 4.78 is 0. The van der Waals surface area contributed by atoms with Gasteiger partial charge in [-0.1, -0.05) is 20.3 Å². The quantitative estimate of drug-likeness (QED) is 0.651. The van der Waals surface area contributed by atoms with Gasteiger partial charge in [-0.15, -0.1) is 0 Å². The normalized spacial score (nSPS) is 21.1. The maximum absolute atomic E-state index is 12.2. The average molecular weight is 299 g/mol. The Bertz CT molecular complexity index is 400. The second-order valence-electron chi connectivity index (χ2n) is 5.35. The fraction of sp³-hybridized carbons (Fsp3) is 0.786. The highest BCUT2D eigenvalue weighted by molar-refractivity contribution is 5.89. The van der Waals surface area contributed by atoms with Crippen molar-refractivity contribution in [1.82, 2.24) is 15.5 Å². The monoisotopic (exact) mass is 299 g/mol. The summed E-state index contributed by atoms with van der Waals surface area (Å²) in [5.74, 6) is -1.23. The van der Waals surface area contributed by atoms with E-state index in [-0.39, 0.29) is 12.5 Å². The lowest BCUT2D eigenvalue weighted by Gasteiger charge is -2.34. The topological polar surface area (TPSA) is 98.7 Å². The molecule has 3 N–H and O–H groups in total. The third kappa shape index (κ3) is 4.09. The van der Waals surface area contributed by atoms with Gasteiger partial charge >= 0.3 is 12.0 Å². The molecule has 1 atom stereocenters. The Balaban J connectivity index is 2.63. The standard InChI is InChI=1S/C14H25N3O4/c1-3-6-14(12(19)20)7-5-9-17(14)13(21)16-10-11(18)15-8-4-2/h3-10H2,1-2H3,(H,15,18)(H,16,21)(H,19,20). The average Bonchev–Trinajstić information content (AvgIpc) is 2.88. The third-order valence-electron chi connectivity index (χ3n) is 3.77. The van der Waals surface area contributed by atoms with Crippen molar-refractivity contribution < 1.29 is 19.5 Å². The van der Waals surface area contributed by atoms with Crippen LogP contribution < -0.4 is 10.6 Å². The van der Waals surface area contributed by atoms with Crippen LogP contribution in [-0.2, 0) is 9.59 Å². The van der Waals surface area contributed by atoms with Crippen LogP contribution in [0.15, 0.2) is 0 Å². The molecule has 1 heterocycles. The SMILES string of the molecule is CCCNC(=O)CNC(=O)N1CCCC1(CCC)C(=O)O. The van der Waals surface area contributed by atoms with Gasteiger partial charge < -0.3 is 20.6 Å². The third-order valence-corrected chi connectivity index (χ3v) is 3.77. The molecular formula is C14H25N3O4. The van der Waals surface area contributed by atoms with Crippen molar-refractivity contribution in [2.45, 2.75) is 51.5 Å². The number of nitrogens with one attached hydrogen (secondary N) is 2. The van der Waals surface area contributed by atoms with Crippen molar-refractivity contribution in [2.24, 2.45) is 0 Å². The molecule has 1 unspecified atom stereocenters. The molecule has 0 saturated carbocycles. The van der Waals surface area contributed by atoms with E-state index in [4.69, 9.17) is 0 Å². The number of hydrogen-bond donors (Lipinski definition) is 3. The maximum Gasteiger partial charge on any atom is 0.329 e. The van der Waals surface area contributed by atoms with E-state index in [1.165, 1.54) is 4.90 Å². The second kappa shape index (κ2) is 7.85. The predicted molar refractivity (Wildman–Crippen MR) is 77.9 cm³/mol. The first-order valence-corrected chi connectivity index (χ1v) is 7.53. The van der Waals surface area contributed by atoms with Crippen molar-refractivity contribution in [1.29, 1.82) is 0 Å². The second-order valence-corrected chi connectivity index (χ2v) is 5.35. The van der Waals surface area contributed by atoms with Gasteiger partial charge in [0.05, 0.1) is 6.54 Å². The predicted octanol–water partition coefficient (Wildman–Crippen LogP) is 0.941. The lowest BCUT2D eigenvalue weighted by molar-refractivity contribution is -0.148. The van der Waals surface area contributed by atoms with Crippen LogP contribution in [0.5, 0.6) is 0 Å². The number of likely N-dealkylation sites (tertiary alicyclic amines) is 1. The Labute approximate surface area is 125 Å². The van der Waals surface area contributed by atoms with E-state index in [1.807, 2.05) is 13.8 Å². The molecule has 3 amide bonds. The first-order valence-electron chi connectivity index (χ1n) is 7.53. The number of nitrogens with zero attached hydrogens (tertiary/aromatic N) is 1. The number of amides is 3. The van der Waals surface area contributed by atoms with Crippen molar-refractivity contribution in [3.8, 4) is 0 Å². The molecule has 1 fully saturated rings. The maximum atomic E-state index is 12.2. The molecule has 21 heavy (non-hydrogen) atoms. The van der Waals surface area contributed by atoms with E-state index in [1.54, 1.807) is 0 Å². The zero-order valence-electron chi connectivity index (χ0n) is 12.8. The molecule has 0 aromatic heterocycles. The van der Waals surface area contributed by atoms with Gasteiger partial charge in [0.1, 0.15) is 5.54 Å². The highest BCUT2D eigenvalue weighted by Crippen LogP contribution is 2.33. The Morgan fingerprint density at radius 3 is 2.48 bits per heavy atom. The summed E-state index contributed by atoms with van der Waals surface area (Å²) in [7, 11) is 0. The van der Waals surface area contributed by atoms with Crippen LogP contribution >= 0.6 is 0 Å². The molecule has 1 aliphatic heterocycles. The molecule has 0 radical (unpaired) electrons. The molecule has 1 saturated heterocycles. The lowest BCUT2D eigenvalue weighted by Crippen LogP contribution is -2.56. The Kier molecular flexibility index (Phi) is 6.45. The van der Waals surface area contributed by atoms with Gasteiger partial charge in [-0.05, 0) is 25.7 Å². The van der Waals surface area contributed by atoms with Crippen molar-refractivity contribution in [3.05, 3.63) is 0 Å². The molecule has 7 heteroatoms. The number of urea groups is 1. The van der Waals surface area contributed by atoms with E-state index in [2.05, 4.69) is 10.6 Å². The number of aliphatic carboxylic acids is 1. The number of carbonyl (C=O) groups is 3. The van der Waals surface area contributed by atoms with E-state index in [0.29, 0.717) is 38.8 Å². The molecule has 0 aliphatic carbocycles. The van der Waals surface area contributed by atoms with E-state index in [0.717, 1.165) is 6.42 Å². The van der Waals surface area contributed by atoms with Crippen molar-refractivity contribution in [3.63, 3.8) is 0 Å². The number of rotatable bonds is 7. The molecule has 1 rings (SSSR count). The summed E-state index contributed by atoms with van der Waals surface area (Å²) in [6.07, 6.45) is 3.07. The van der Waals surface area contributed by atoms with Crippen LogP contribution in [-0.4, -0.2) is 53.1 Å². The van der Waals surface area contributed by atoms with Crippen LogP contribution in [0.2, 0.25) is 0 Å². The van der Waals surface area contributed by atoms with Gasteiger partial charge in [-0.2, -0.15) is 0 Å². The van der Waals surface area contributed by atoms with Crippen LogP contribution in [0.3, 0.4) is 0 Å². The molecule has 0 spiro atoms. The number of carboxylic acid groups (broad SMARTS) is 1. The smallest absolute Gasteiger partial charge is 0.329 e. The lowest BCUT2D eigenvalue weighted by atomic mass is 9.91. The first-order chi connectivity index (χ1) is 9.97. The summed E-state index contributed by atoms with van der Waals surface area (Å²) in [6.45, 7) is 4.69. The molecule has 120 valence electrons. The summed E-state index contributed by atoms with van der Waals surface area (Å²) >= 11 is 0. The van der Waals surface area contributed by atoms with Gasteiger partial charge in [0, 0.05) is 13.1 Å². The van der Waals surface area contributed by atoms with Gasteiger partial charge in [0.2, 0.25) is 5.91 Å². The van der Waals surface area contributed by atoms with Gasteiger partial charge in [0.15, 0.2) is 0 Å². The minimum atomic E-state index is -1.13. The molecular weight excluding hydrogens is 274 g/mol. The van der Waals surface area contributed by atoms with Crippen LogP contribution in [0.4, 0.5) is 4.79 Å². The Morgan fingerprint density at radius 1 is 1.19 bits per heavy atom. The van der Waals surface area contributed by atoms with Crippen molar-refractivity contribution >= 4 is 17.9 Å². The highest BCUT2D eigenvalue weighted by Gasteiger charge is 2.49. The van der Waals surface area contributed by atoms with E-state index in [9.17, 15) is 19.5 Å². The molecule has 1 aliphatic rings. The van der Waals surface area contributed by atoms with Gasteiger partial charge in [-0.25, -0.2) is 9.59 Å². The first kappa shape index (κ1) is 17.3. The molecule has 7 nitrogen and oxygen atoms in total. The Morgan fingerprint density at radius 2 is 1.90 bits per heavy atom. The summed E-state index contributed by atoms with van der Waals surface area (Å²) in [5, 5.41) is 14.7. The number of carbonyl (C=O) groups excluding carboxylic acids is 2. The molecule has 0 aromatic carbocycles. The molecule has 0 bridgehead atoms. The van der Waals surface area contributed by atoms with Crippen molar-refractivity contribution in [2.75, 3.05) is 19.6 Å². The fourth-order valence-corrected chi connectivity index (χ4v) is 2.76. The number of carboxylic acids is 1. The van der Waals surface area contributed by atoms with Crippen LogP contribution in [0.1, 0.15) is 46.0 Å². The van der Waals surface area contributed by atoms with Crippen LogP contribution in [0.25, 0.3) is 0 Å². The van der Waals surface area contributed by atoms with E-state index >= 15 is 0 Å².